The number of ether oxygens (including phenoxy) is 1. The van der Waals surface area contributed by atoms with Gasteiger partial charge in [0.1, 0.15) is 5.76 Å². The molecule has 0 N–H and O–H groups in total. The van der Waals surface area contributed by atoms with Crippen molar-refractivity contribution in [2.75, 3.05) is 0 Å². The first-order valence-corrected chi connectivity index (χ1v) is 14.8. The van der Waals surface area contributed by atoms with E-state index in [0.29, 0.717) is 33.6 Å². The Morgan fingerprint density at radius 1 is 0.600 bits per heavy atom. The Bertz CT molecular complexity index is 1860. The zero-order chi connectivity index (χ0) is 31.4. The number of aryl methyl sites for hydroxylation is 1. The molecule has 0 saturated carbocycles. The van der Waals surface area contributed by atoms with Gasteiger partial charge in [0, 0.05) is 22.3 Å². The number of hydrogen-bond acceptors (Lipinski definition) is 5. The molecule has 0 bridgehead atoms. The summed E-state index contributed by atoms with van der Waals surface area (Å²) in [6.07, 6.45) is 0. The molecule has 0 aliphatic carbocycles. The molecular weight excluding hydrogens is 558 g/mol. The standard InChI is InChI=1S/C40H31NO4/c1-27-23-25-28(26-24-27)34-33(36(42)29-15-7-3-8-16-29)39(32-21-13-6-14-22-32)45-40(34,2)41-35(37(43)30-17-9-4-10-18-30)38(44)31-19-11-5-12-20-31/h3-26,34H,1-2H3. The fourth-order valence-electron chi connectivity index (χ4n) is 5.70. The molecule has 5 heteroatoms. The molecule has 220 valence electrons. The maximum Gasteiger partial charge on any atom is 0.215 e. The lowest BCUT2D eigenvalue weighted by molar-refractivity contribution is 0.0700. The molecule has 6 rings (SSSR count). The van der Waals surface area contributed by atoms with Crippen LogP contribution in [0.2, 0.25) is 0 Å². The van der Waals surface area contributed by atoms with Gasteiger partial charge < -0.3 is 4.74 Å². The average Bonchev–Trinajstić information content (AvgIpc) is 3.41. The van der Waals surface area contributed by atoms with E-state index < -0.39 is 23.2 Å². The normalized spacial score (nSPS) is 17.3. The molecule has 0 radical (unpaired) electrons. The van der Waals surface area contributed by atoms with Gasteiger partial charge in [0.25, 0.3) is 0 Å². The minimum atomic E-state index is -1.54. The van der Waals surface area contributed by atoms with Crippen LogP contribution in [0.15, 0.2) is 156 Å². The van der Waals surface area contributed by atoms with Crippen molar-refractivity contribution >= 4 is 28.8 Å². The molecule has 1 aliphatic rings. The number of carbonyl (C=O) groups excluding carboxylic acids is 3. The van der Waals surface area contributed by atoms with E-state index in [1.165, 1.54) is 0 Å². The Morgan fingerprint density at radius 3 is 1.53 bits per heavy atom. The summed E-state index contributed by atoms with van der Waals surface area (Å²) in [5.41, 5.74) is 2.25. The molecule has 0 amide bonds. The quantitative estimate of drug-likeness (QED) is 0.0985. The maximum atomic E-state index is 14.4. The van der Waals surface area contributed by atoms with E-state index in [0.717, 1.165) is 11.1 Å². The van der Waals surface area contributed by atoms with E-state index in [-0.39, 0.29) is 11.5 Å². The van der Waals surface area contributed by atoms with Crippen LogP contribution in [0, 0.1) is 6.92 Å². The Kier molecular flexibility index (Phi) is 8.17. The zero-order valence-corrected chi connectivity index (χ0v) is 25.0. The summed E-state index contributed by atoms with van der Waals surface area (Å²) >= 11 is 0. The second kappa shape index (κ2) is 12.5. The highest BCUT2D eigenvalue weighted by molar-refractivity contribution is 6.72. The molecule has 2 atom stereocenters. The number of benzene rings is 5. The van der Waals surface area contributed by atoms with Gasteiger partial charge in [0.2, 0.25) is 17.3 Å². The third-order valence-corrected chi connectivity index (χ3v) is 7.94. The predicted octanol–water partition coefficient (Wildman–Crippen LogP) is 8.33. The van der Waals surface area contributed by atoms with Crippen molar-refractivity contribution in [1.82, 2.24) is 0 Å². The van der Waals surface area contributed by atoms with Crippen molar-refractivity contribution in [2.45, 2.75) is 25.5 Å². The van der Waals surface area contributed by atoms with Crippen molar-refractivity contribution in [2.24, 2.45) is 4.99 Å². The van der Waals surface area contributed by atoms with Crippen LogP contribution in [0.5, 0.6) is 0 Å². The highest BCUT2D eigenvalue weighted by atomic mass is 16.5. The summed E-state index contributed by atoms with van der Waals surface area (Å²) in [5, 5.41) is 0. The van der Waals surface area contributed by atoms with E-state index >= 15 is 0 Å². The largest absolute Gasteiger partial charge is 0.464 e. The molecule has 1 heterocycles. The van der Waals surface area contributed by atoms with Crippen molar-refractivity contribution < 1.29 is 19.1 Å². The van der Waals surface area contributed by atoms with Crippen LogP contribution in [-0.4, -0.2) is 28.8 Å². The Labute approximate surface area is 262 Å². The van der Waals surface area contributed by atoms with E-state index in [2.05, 4.69) is 0 Å². The van der Waals surface area contributed by atoms with E-state index in [4.69, 9.17) is 9.73 Å². The van der Waals surface area contributed by atoms with Gasteiger partial charge in [-0.15, -0.1) is 0 Å². The van der Waals surface area contributed by atoms with Gasteiger partial charge in [-0.05, 0) is 19.4 Å². The van der Waals surface area contributed by atoms with E-state index in [1.54, 1.807) is 79.7 Å². The topological polar surface area (TPSA) is 72.8 Å². The summed E-state index contributed by atoms with van der Waals surface area (Å²) in [6.45, 7) is 3.73. The first kappa shape index (κ1) is 29.4. The minimum absolute atomic E-state index is 0.218. The van der Waals surface area contributed by atoms with Crippen LogP contribution in [0.25, 0.3) is 5.76 Å². The maximum absolute atomic E-state index is 14.4. The first-order chi connectivity index (χ1) is 21.9. The Morgan fingerprint density at radius 2 is 1.04 bits per heavy atom. The second-order valence-corrected chi connectivity index (χ2v) is 11.2. The van der Waals surface area contributed by atoms with E-state index in [9.17, 15) is 14.4 Å². The molecular formula is C40H31NO4. The van der Waals surface area contributed by atoms with Gasteiger partial charge in [-0.1, -0.05) is 151 Å². The Hall–Kier alpha value is -5.68. The molecule has 2 unspecified atom stereocenters. The van der Waals surface area contributed by atoms with Gasteiger partial charge in [0.15, 0.2) is 11.5 Å². The number of hydrogen-bond donors (Lipinski definition) is 0. The molecule has 45 heavy (non-hydrogen) atoms. The number of ketones is 3. The van der Waals surface area contributed by atoms with E-state index in [1.807, 2.05) is 79.7 Å². The molecule has 0 spiro atoms. The molecule has 0 saturated heterocycles. The van der Waals surface area contributed by atoms with Gasteiger partial charge in [0.05, 0.1) is 11.5 Å². The molecule has 0 fully saturated rings. The summed E-state index contributed by atoms with van der Waals surface area (Å²) in [5.74, 6) is -1.66. The lowest BCUT2D eigenvalue weighted by atomic mass is 9.80. The number of Topliss-reactive ketones (excluding diaryl/α,β-unsaturated/α-hetero) is 3. The molecule has 1 aliphatic heterocycles. The third-order valence-electron chi connectivity index (χ3n) is 7.94. The number of rotatable bonds is 9. The lowest BCUT2D eigenvalue weighted by Crippen LogP contribution is -2.36. The summed E-state index contributed by atoms with van der Waals surface area (Å²) in [4.78, 5) is 47.5. The highest BCUT2D eigenvalue weighted by Gasteiger charge is 2.51. The van der Waals surface area contributed by atoms with Crippen molar-refractivity contribution in [3.8, 4) is 0 Å². The van der Waals surface area contributed by atoms with Crippen LogP contribution in [0.4, 0.5) is 0 Å². The number of nitrogens with zero attached hydrogens (tertiary/aromatic N) is 1. The van der Waals surface area contributed by atoms with Crippen LogP contribution in [0.1, 0.15) is 60.6 Å². The van der Waals surface area contributed by atoms with Gasteiger partial charge in [-0.25, -0.2) is 4.99 Å². The number of aliphatic imine (C=N–C) groups is 1. The van der Waals surface area contributed by atoms with Crippen LogP contribution in [-0.2, 0) is 4.74 Å². The SMILES string of the molecule is Cc1ccc(C2C(C(=O)c3ccccc3)=C(c3ccccc3)OC2(C)N=C(C(=O)c2ccccc2)C(=O)c2ccccc2)cc1. The highest BCUT2D eigenvalue weighted by Crippen LogP contribution is 2.51. The monoisotopic (exact) mass is 589 g/mol. The van der Waals surface area contributed by atoms with Gasteiger partial charge in [-0.3, -0.25) is 14.4 Å². The van der Waals surface area contributed by atoms with Crippen LogP contribution < -0.4 is 0 Å². The van der Waals surface area contributed by atoms with Crippen molar-refractivity contribution in [3.05, 3.63) is 185 Å². The molecule has 5 nitrogen and oxygen atoms in total. The lowest BCUT2D eigenvalue weighted by Gasteiger charge is -2.30. The van der Waals surface area contributed by atoms with Gasteiger partial charge >= 0.3 is 0 Å². The van der Waals surface area contributed by atoms with Crippen molar-refractivity contribution in [1.29, 1.82) is 0 Å². The first-order valence-electron chi connectivity index (χ1n) is 14.8. The average molecular weight is 590 g/mol. The number of carbonyl (C=O) groups is 3. The summed E-state index contributed by atoms with van der Waals surface area (Å²) < 4.78 is 6.76. The molecule has 5 aromatic rings. The van der Waals surface area contributed by atoms with Crippen molar-refractivity contribution in [3.63, 3.8) is 0 Å². The van der Waals surface area contributed by atoms with Gasteiger partial charge in [-0.2, -0.15) is 0 Å². The fourth-order valence-corrected chi connectivity index (χ4v) is 5.70. The zero-order valence-electron chi connectivity index (χ0n) is 25.0. The third kappa shape index (κ3) is 5.93. The predicted molar refractivity (Wildman–Crippen MR) is 177 cm³/mol. The second-order valence-electron chi connectivity index (χ2n) is 11.2. The molecule has 5 aromatic carbocycles. The summed E-state index contributed by atoms with van der Waals surface area (Å²) in [7, 11) is 0. The smallest absolute Gasteiger partial charge is 0.215 e. The fraction of sp³-hybridized carbons (Fsp3) is 0.100. The minimum Gasteiger partial charge on any atom is -0.464 e. The summed E-state index contributed by atoms with van der Waals surface area (Å²) in [6, 6.07) is 43.5. The molecule has 0 aromatic heterocycles. The van der Waals surface area contributed by atoms with Crippen LogP contribution in [0.3, 0.4) is 0 Å². The Balaban J connectivity index is 1.60. The van der Waals surface area contributed by atoms with Crippen LogP contribution >= 0.6 is 0 Å².